The van der Waals surface area contributed by atoms with Gasteiger partial charge in [-0.25, -0.2) is 0 Å². The summed E-state index contributed by atoms with van der Waals surface area (Å²) < 4.78 is 0. The molecule has 0 saturated heterocycles. The SMILES string of the molecule is CC(C)(C)N(O)Cc1ccc([N+](=O)[O-])cc1. The molecule has 1 rings (SSSR count). The van der Waals surface area contributed by atoms with Crippen molar-refractivity contribution in [3.8, 4) is 0 Å². The first kappa shape index (κ1) is 12.6. The van der Waals surface area contributed by atoms with Crippen LogP contribution in [-0.4, -0.2) is 20.7 Å². The smallest absolute Gasteiger partial charge is 0.269 e. The Balaban J connectivity index is 2.73. The molecule has 5 nitrogen and oxygen atoms in total. The van der Waals surface area contributed by atoms with Gasteiger partial charge in [-0.05, 0) is 26.3 Å². The minimum atomic E-state index is -0.440. The third kappa shape index (κ3) is 3.29. The molecule has 0 amide bonds. The number of non-ortho nitro benzene ring substituents is 1. The van der Waals surface area contributed by atoms with Crippen LogP contribution in [-0.2, 0) is 6.54 Å². The highest BCUT2D eigenvalue weighted by molar-refractivity contribution is 5.32. The Labute approximate surface area is 94.4 Å². The summed E-state index contributed by atoms with van der Waals surface area (Å²) in [7, 11) is 0. The van der Waals surface area contributed by atoms with Crippen molar-refractivity contribution in [2.24, 2.45) is 0 Å². The van der Waals surface area contributed by atoms with E-state index in [0.29, 0.717) is 6.54 Å². The molecule has 1 aromatic carbocycles. The Morgan fingerprint density at radius 2 is 1.81 bits per heavy atom. The van der Waals surface area contributed by atoms with Gasteiger partial charge in [-0.2, -0.15) is 5.06 Å². The van der Waals surface area contributed by atoms with Crippen LogP contribution >= 0.6 is 0 Å². The predicted octanol–water partition coefficient (Wildman–Crippen LogP) is 2.58. The van der Waals surface area contributed by atoms with E-state index in [4.69, 9.17) is 0 Å². The Hall–Kier alpha value is -1.46. The second kappa shape index (κ2) is 4.59. The van der Waals surface area contributed by atoms with Crippen LogP contribution in [0.5, 0.6) is 0 Å². The lowest BCUT2D eigenvalue weighted by Crippen LogP contribution is -2.37. The van der Waals surface area contributed by atoms with Crippen molar-refractivity contribution in [3.63, 3.8) is 0 Å². The topological polar surface area (TPSA) is 66.6 Å². The Kier molecular flexibility index (Phi) is 3.62. The number of hydrogen-bond donors (Lipinski definition) is 1. The molecular weight excluding hydrogens is 208 g/mol. The van der Waals surface area contributed by atoms with Gasteiger partial charge < -0.3 is 5.21 Å². The van der Waals surface area contributed by atoms with Gasteiger partial charge in [0.05, 0.1) is 4.92 Å². The fourth-order valence-electron chi connectivity index (χ4n) is 1.13. The van der Waals surface area contributed by atoms with E-state index in [1.807, 2.05) is 20.8 Å². The highest BCUT2D eigenvalue weighted by atomic mass is 16.6. The van der Waals surface area contributed by atoms with E-state index in [1.165, 1.54) is 17.2 Å². The van der Waals surface area contributed by atoms with E-state index in [1.54, 1.807) is 12.1 Å². The standard InChI is InChI=1S/C11H16N2O3/c1-11(2,3)12(14)8-9-4-6-10(7-5-9)13(15)16/h4-7,14H,8H2,1-3H3. The minimum Gasteiger partial charge on any atom is -0.313 e. The van der Waals surface area contributed by atoms with Gasteiger partial charge in [-0.15, -0.1) is 0 Å². The van der Waals surface area contributed by atoms with Crippen LogP contribution in [0.4, 0.5) is 5.69 Å². The van der Waals surface area contributed by atoms with Crippen LogP contribution in [0.2, 0.25) is 0 Å². The lowest BCUT2D eigenvalue weighted by Gasteiger charge is -2.29. The summed E-state index contributed by atoms with van der Waals surface area (Å²) in [6.45, 7) is 6.01. The van der Waals surface area contributed by atoms with E-state index in [0.717, 1.165) is 5.56 Å². The lowest BCUT2D eigenvalue weighted by atomic mass is 10.1. The van der Waals surface area contributed by atoms with E-state index in [-0.39, 0.29) is 11.2 Å². The number of hydrogen-bond acceptors (Lipinski definition) is 4. The van der Waals surface area contributed by atoms with Crippen LogP contribution in [0, 0.1) is 10.1 Å². The number of nitro benzene ring substituents is 1. The van der Waals surface area contributed by atoms with Gasteiger partial charge in [0.15, 0.2) is 0 Å². The normalized spacial score (nSPS) is 11.8. The van der Waals surface area contributed by atoms with Crippen LogP contribution in [0.1, 0.15) is 26.3 Å². The van der Waals surface area contributed by atoms with Gasteiger partial charge in [-0.3, -0.25) is 10.1 Å². The van der Waals surface area contributed by atoms with Crippen molar-refractivity contribution in [1.82, 2.24) is 5.06 Å². The zero-order valence-electron chi connectivity index (χ0n) is 9.67. The van der Waals surface area contributed by atoms with Gasteiger partial charge in [0.25, 0.3) is 5.69 Å². The van der Waals surface area contributed by atoms with Crippen molar-refractivity contribution >= 4 is 5.69 Å². The molecule has 88 valence electrons. The van der Waals surface area contributed by atoms with Crippen molar-refractivity contribution in [2.75, 3.05) is 0 Å². The molecule has 0 radical (unpaired) electrons. The number of hydroxylamine groups is 2. The molecule has 0 spiro atoms. The van der Waals surface area contributed by atoms with Crippen LogP contribution in [0.25, 0.3) is 0 Å². The molecule has 0 aliphatic heterocycles. The molecule has 0 aliphatic carbocycles. The van der Waals surface area contributed by atoms with Crippen LogP contribution < -0.4 is 0 Å². The molecule has 0 unspecified atom stereocenters. The minimum absolute atomic E-state index is 0.0593. The van der Waals surface area contributed by atoms with Crippen molar-refractivity contribution < 1.29 is 10.1 Å². The summed E-state index contributed by atoms with van der Waals surface area (Å²) in [5.74, 6) is 0. The average molecular weight is 224 g/mol. The molecule has 0 aliphatic rings. The summed E-state index contributed by atoms with van der Waals surface area (Å²) in [5, 5.41) is 21.4. The first-order chi connectivity index (χ1) is 7.30. The molecule has 0 bridgehead atoms. The molecule has 0 fully saturated rings. The molecule has 0 atom stereocenters. The highest BCUT2D eigenvalue weighted by Crippen LogP contribution is 2.17. The van der Waals surface area contributed by atoms with E-state index < -0.39 is 4.92 Å². The van der Waals surface area contributed by atoms with E-state index >= 15 is 0 Å². The lowest BCUT2D eigenvalue weighted by molar-refractivity contribution is -0.384. The van der Waals surface area contributed by atoms with Gasteiger partial charge in [0.2, 0.25) is 0 Å². The zero-order chi connectivity index (χ0) is 12.3. The Morgan fingerprint density at radius 1 is 1.31 bits per heavy atom. The second-order valence-corrected chi connectivity index (χ2v) is 4.65. The zero-order valence-corrected chi connectivity index (χ0v) is 9.67. The second-order valence-electron chi connectivity index (χ2n) is 4.65. The number of nitrogens with zero attached hydrogens (tertiary/aromatic N) is 2. The number of nitro groups is 1. The maximum Gasteiger partial charge on any atom is 0.269 e. The molecule has 1 N–H and O–H groups in total. The molecule has 5 heteroatoms. The van der Waals surface area contributed by atoms with Gasteiger partial charge in [0.1, 0.15) is 0 Å². The fourth-order valence-corrected chi connectivity index (χ4v) is 1.13. The maximum atomic E-state index is 10.4. The van der Waals surface area contributed by atoms with Gasteiger partial charge in [0, 0.05) is 24.2 Å². The quantitative estimate of drug-likeness (QED) is 0.633. The van der Waals surface area contributed by atoms with Crippen molar-refractivity contribution in [2.45, 2.75) is 32.9 Å². The van der Waals surface area contributed by atoms with Gasteiger partial charge in [-0.1, -0.05) is 12.1 Å². The summed E-state index contributed by atoms with van der Waals surface area (Å²) in [5.41, 5.74) is 0.550. The van der Waals surface area contributed by atoms with E-state index in [9.17, 15) is 15.3 Å². The molecule has 0 heterocycles. The third-order valence-electron chi connectivity index (χ3n) is 2.25. The van der Waals surface area contributed by atoms with Crippen LogP contribution in [0.15, 0.2) is 24.3 Å². The average Bonchev–Trinajstić information content (AvgIpc) is 2.17. The highest BCUT2D eigenvalue weighted by Gasteiger charge is 2.19. The van der Waals surface area contributed by atoms with Crippen molar-refractivity contribution in [3.05, 3.63) is 39.9 Å². The maximum absolute atomic E-state index is 10.4. The summed E-state index contributed by atoms with van der Waals surface area (Å²) in [6.07, 6.45) is 0. The molecule has 1 aromatic rings. The third-order valence-corrected chi connectivity index (χ3v) is 2.25. The Morgan fingerprint density at radius 3 is 2.19 bits per heavy atom. The summed E-state index contributed by atoms with van der Waals surface area (Å²) in [6, 6.07) is 6.16. The van der Waals surface area contributed by atoms with Crippen molar-refractivity contribution in [1.29, 1.82) is 0 Å². The van der Waals surface area contributed by atoms with E-state index in [2.05, 4.69) is 0 Å². The number of benzene rings is 1. The molecule has 0 aromatic heterocycles. The molecular formula is C11H16N2O3. The largest absolute Gasteiger partial charge is 0.313 e. The monoisotopic (exact) mass is 224 g/mol. The molecule has 0 saturated carbocycles. The fraction of sp³-hybridized carbons (Fsp3) is 0.455. The Bertz CT molecular complexity index is 368. The predicted molar refractivity (Wildman–Crippen MR) is 60.2 cm³/mol. The molecule has 16 heavy (non-hydrogen) atoms. The van der Waals surface area contributed by atoms with Gasteiger partial charge >= 0.3 is 0 Å². The summed E-state index contributed by atoms with van der Waals surface area (Å²) in [4.78, 5) is 10.00. The summed E-state index contributed by atoms with van der Waals surface area (Å²) >= 11 is 0. The first-order valence-corrected chi connectivity index (χ1v) is 5.00. The number of rotatable bonds is 3. The van der Waals surface area contributed by atoms with Crippen LogP contribution in [0.3, 0.4) is 0 Å². The first-order valence-electron chi connectivity index (χ1n) is 5.00.